The van der Waals surface area contributed by atoms with E-state index in [2.05, 4.69) is 19.9 Å². The van der Waals surface area contributed by atoms with E-state index >= 15 is 0 Å². The van der Waals surface area contributed by atoms with Gasteiger partial charge >= 0.3 is 0 Å². The molecule has 0 aliphatic rings. The van der Waals surface area contributed by atoms with Crippen LogP contribution in [0.4, 0.5) is 0 Å². The van der Waals surface area contributed by atoms with E-state index in [9.17, 15) is 4.79 Å². The van der Waals surface area contributed by atoms with E-state index in [-0.39, 0.29) is 5.56 Å². The first-order chi connectivity index (χ1) is 11.1. The van der Waals surface area contributed by atoms with Crippen LogP contribution in [0.5, 0.6) is 0 Å². The van der Waals surface area contributed by atoms with Crippen molar-refractivity contribution in [2.24, 2.45) is 0 Å². The number of benzene rings is 2. The van der Waals surface area contributed by atoms with E-state index in [0.717, 1.165) is 41.9 Å². The third kappa shape index (κ3) is 2.91. The summed E-state index contributed by atoms with van der Waals surface area (Å²) >= 11 is 0. The summed E-state index contributed by atoms with van der Waals surface area (Å²) < 4.78 is 1.80. The Morgan fingerprint density at radius 1 is 1.09 bits per heavy atom. The van der Waals surface area contributed by atoms with Crippen LogP contribution in [-0.4, -0.2) is 9.55 Å². The summed E-state index contributed by atoms with van der Waals surface area (Å²) in [4.78, 5) is 17.8. The van der Waals surface area contributed by atoms with Gasteiger partial charge in [0.25, 0.3) is 5.56 Å². The largest absolute Gasteiger partial charge is 0.268 e. The van der Waals surface area contributed by atoms with E-state index in [1.807, 2.05) is 43.3 Å². The Bertz CT molecular complexity index is 909. The second-order valence-corrected chi connectivity index (χ2v) is 6.08. The highest BCUT2D eigenvalue weighted by molar-refractivity contribution is 5.77. The van der Waals surface area contributed by atoms with Gasteiger partial charge in [-0.3, -0.25) is 9.36 Å². The van der Waals surface area contributed by atoms with Crippen molar-refractivity contribution in [3.8, 4) is 5.69 Å². The Kier molecular flexibility index (Phi) is 4.28. The monoisotopic (exact) mass is 306 g/mol. The summed E-state index contributed by atoms with van der Waals surface area (Å²) in [6.45, 7) is 6.27. The molecule has 3 aromatic rings. The first-order valence-electron chi connectivity index (χ1n) is 8.20. The lowest BCUT2D eigenvalue weighted by molar-refractivity contribution is 0.719. The smallest absolute Gasteiger partial charge is 0.265 e. The average molecular weight is 306 g/mol. The molecule has 1 aromatic heterocycles. The Morgan fingerprint density at radius 2 is 1.87 bits per heavy atom. The first-order valence-corrected chi connectivity index (χ1v) is 8.20. The van der Waals surface area contributed by atoms with Crippen LogP contribution in [-0.2, 0) is 6.42 Å². The van der Waals surface area contributed by atoms with Gasteiger partial charge in [-0.2, -0.15) is 0 Å². The summed E-state index contributed by atoms with van der Waals surface area (Å²) in [5, 5.41) is 0.674. The molecule has 0 aliphatic carbocycles. The van der Waals surface area contributed by atoms with E-state index in [4.69, 9.17) is 4.98 Å². The minimum absolute atomic E-state index is 0.0219. The van der Waals surface area contributed by atoms with Crippen LogP contribution in [0.15, 0.2) is 47.3 Å². The lowest BCUT2D eigenvalue weighted by Crippen LogP contribution is -2.24. The standard InChI is InChI=1S/C20H22N2O/c1-4-5-10-19-21-17-9-7-6-8-16(17)20(23)22(19)18-12-11-14(2)13-15(18)3/h6-9,11-13H,4-5,10H2,1-3H3. The first kappa shape index (κ1) is 15.5. The molecule has 0 fully saturated rings. The van der Waals surface area contributed by atoms with E-state index in [1.165, 1.54) is 5.56 Å². The van der Waals surface area contributed by atoms with Gasteiger partial charge in [0.05, 0.1) is 16.6 Å². The number of fused-ring (bicyclic) bond motifs is 1. The highest BCUT2D eigenvalue weighted by Crippen LogP contribution is 2.18. The minimum atomic E-state index is 0.0219. The van der Waals surface area contributed by atoms with Crippen molar-refractivity contribution >= 4 is 10.9 Å². The molecule has 3 nitrogen and oxygen atoms in total. The maximum atomic E-state index is 13.1. The van der Waals surface area contributed by atoms with Crippen LogP contribution >= 0.6 is 0 Å². The molecule has 0 saturated heterocycles. The number of para-hydroxylation sites is 1. The summed E-state index contributed by atoms with van der Waals surface area (Å²) in [6.07, 6.45) is 2.91. The highest BCUT2D eigenvalue weighted by atomic mass is 16.1. The number of nitrogens with zero attached hydrogens (tertiary/aromatic N) is 2. The van der Waals surface area contributed by atoms with Crippen molar-refractivity contribution in [3.05, 3.63) is 69.8 Å². The molecule has 118 valence electrons. The average Bonchev–Trinajstić information content (AvgIpc) is 2.54. The van der Waals surface area contributed by atoms with Crippen LogP contribution in [0.25, 0.3) is 16.6 Å². The van der Waals surface area contributed by atoms with E-state index in [1.54, 1.807) is 4.57 Å². The van der Waals surface area contributed by atoms with Crippen molar-refractivity contribution in [2.75, 3.05) is 0 Å². The second-order valence-electron chi connectivity index (χ2n) is 6.08. The van der Waals surface area contributed by atoms with E-state index in [0.29, 0.717) is 5.39 Å². The Morgan fingerprint density at radius 3 is 2.61 bits per heavy atom. The molecular weight excluding hydrogens is 284 g/mol. The summed E-state index contributed by atoms with van der Waals surface area (Å²) in [6, 6.07) is 13.8. The summed E-state index contributed by atoms with van der Waals surface area (Å²) in [5.41, 5.74) is 4.04. The normalized spacial score (nSPS) is 11.1. The van der Waals surface area contributed by atoms with Crippen molar-refractivity contribution in [3.63, 3.8) is 0 Å². The number of aryl methyl sites for hydroxylation is 3. The fourth-order valence-corrected chi connectivity index (χ4v) is 2.99. The van der Waals surface area contributed by atoms with Gasteiger partial charge in [0, 0.05) is 6.42 Å². The molecule has 23 heavy (non-hydrogen) atoms. The third-order valence-electron chi connectivity index (χ3n) is 4.19. The van der Waals surface area contributed by atoms with Gasteiger partial charge in [-0.1, -0.05) is 43.2 Å². The van der Waals surface area contributed by atoms with Gasteiger partial charge in [0.15, 0.2) is 0 Å². The third-order valence-corrected chi connectivity index (χ3v) is 4.19. The van der Waals surface area contributed by atoms with Gasteiger partial charge in [0.1, 0.15) is 5.82 Å². The Hall–Kier alpha value is -2.42. The molecule has 3 rings (SSSR count). The van der Waals surface area contributed by atoms with Crippen LogP contribution < -0.4 is 5.56 Å². The van der Waals surface area contributed by atoms with Gasteiger partial charge < -0.3 is 0 Å². The molecule has 0 N–H and O–H groups in total. The Balaban J connectivity index is 2.32. The van der Waals surface area contributed by atoms with Crippen molar-refractivity contribution in [1.82, 2.24) is 9.55 Å². The topological polar surface area (TPSA) is 34.9 Å². The molecule has 0 radical (unpaired) electrons. The predicted molar refractivity (Wildman–Crippen MR) is 95.4 cm³/mol. The van der Waals surface area contributed by atoms with Crippen molar-refractivity contribution in [2.45, 2.75) is 40.0 Å². The number of hydrogen-bond acceptors (Lipinski definition) is 2. The molecule has 0 saturated carbocycles. The SMILES string of the molecule is CCCCc1nc2ccccc2c(=O)n1-c1ccc(C)cc1C. The maximum absolute atomic E-state index is 13.1. The fraction of sp³-hybridized carbons (Fsp3) is 0.300. The molecule has 3 heteroatoms. The number of aromatic nitrogens is 2. The Labute approximate surface area is 136 Å². The molecule has 0 aliphatic heterocycles. The zero-order valence-electron chi connectivity index (χ0n) is 14.0. The molecular formula is C20H22N2O. The highest BCUT2D eigenvalue weighted by Gasteiger charge is 2.13. The van der Waals surface area contributed by atoms with Gasteiger partial charge in [0.2, 0.25) is 0 Å². The minimum Gasteiger partial charge on any atom is -0.268 e. The number of rotatable bonds is 4. The number of unbranched alkanes of at least 4 members (excludes halogenated alkanes) is 1. The lowest BCUT2D eigenvalue weighted by Gasteiger charge is -2.16. The van der Waals surface area contributed by atoms with Crippen molar-refractivity contribution in [1.29, 1.82) is 0 Å². The number of hydrogen-bond donors (Lipinski definition) is 0. The van der Waals surface area contributed by atoms with Gasteiger partial charge in [-0.25, -0.2) is 4.98 Å². The quantitative estimate of drug-likeness (QED) is 0.718. The fourth-order valence-electron chi connectivity index (χ4n) is 2.99. The van der Waals surface area contributed by atoms with Crippen LogP contribution in [0.1, 0.15) is 36.7 Å². The van der Waals surface area contributed by atoms with Gasteiger partial charge in [-0.15, -0.1) is 0 Å². The lowest BCUT2D eigenvalue weighted by atomic mass is 10.1. The van der Waals surface area contributed by atoms with Crippen LogP contribution in [0.3, 0.4) is 0 Å². The maximum Gasteiger partial charge on any atom is 0.265 e. The molecule has 0 atom stereocenters. The molecule has 2 aromatic carbocycles. The predicted octanol–water partition coefficient (Wildman–Crippen LogP) is 4.35. The van der Waals surface area contributed by atoms with Crippen molar-refractivity contribution < 1.29 is 0 Å². The molecule has 0 spiro atoms. The van der Waals surface area contributed by atoms with Crippen LogP contribution in [0.2, 0.25) is 0 Å². The van der Waals surface area contributed by atoms with Crippen LogP contribution in [0, 0.1) is 13.8 Å². The second kappa shape index (κ2) is 6.37. The zero-order chi connectivity index (χ0) is 16.4. The van der Waals surface area contributed by atoms with E-state index < -0.39 is 0 Å². The molecule has 0 bridgehead atoms. The summed E-state index contributed by atoms with van der Waals surface area (Å²) in [7, 11) is 0. The molecule has 0 amide bonds. The zero-order valence-corrected chi connectivity index (χ0v) is 14.0. The molecule has 0 unspecified atom stereocenters. The molecule has 1 heterocycles. The van der Waals surface area contributed by atoms with Gasteiger partial charge in [-0.05, 0) is 44.0 Å². The summed E-state index contributed by atoms with van der Waals surface area (Å²) in [5.74, 6) is 0.850.